The van der Waals surface area contributed by atoms with Crippen LogP contribution >= 0.6 is 0 Å². The van der Waals surface area contributed by atoms with Gasteiger partial charge in [0.1, 0.15) is 0 Å². The van der Waals surface area contributed by atoms with Crippen molar-refractivity contribution in [2.75, 3.05) is 19.8 Å². The van der Waals surface area contributed by atoms with Gasteiger partial charge < -0.3 is 9.64 Å². The Labute approximate surface area is 110 Å². The monoisotopic (exact) mass is 254 g/mol. The summed E-state index contributed by atoms with van der Waals surface area (Å²) in [5.41, 5.74) is 0. The summed E-state index contributed by atoms with van der Waals surface area (Å²) in [6.45, 7) is 9.06. The molecule has 2 aliphatic rings. The Hall–Kier alpha value is -0.610. The molecule has 0 bridgehead atoms. The maximum absolute atomic E-state index is 12.3. The maximum Gasteiger partial charge on any atom is 0.241 e. The Balaban J connectivity index is 1.92. The van der Waals surface area contributed by atoms with E-state index in [-0.39, 0.29) is 18.1 Å². The average molecular weight is 254 g/mol. The molecule has 0 aromatic heterocycles. The lowest BCUT2D eigenvalue weighted by Gasteiger charge is -2.28. The van der Waals surface area contributed by atoms with Gasteiger partial charge in [0.25, 0.3) is 0 Å². The topological polar surface area (TPSA) is 41.6 Å². The van der Waals surface area contributed by atoms with Gasteiger partial charge in [-0.3, -0.25) is 10.1 Å². The Morgan fingerprint density at radius 2 is 2.28 bits per heavy atom. The first kappa shape index (κ1) is 13.8. The molecule has 4 nitrogen and oxygen atoms in total. The van der Waals surface area contributed by atoms with Crippen molar-refractivity contribution in [2.45, 2.75) is 52.2 Å². The zero-order valence-electron chi connectivity index (χ0n) is 11.8. The molecule has 18 heavy (non-hydrogen) atoms. The SMILES string of the molecule is CCC1NC(C(C)C)N(CCC2CCOC2)C1=O. The Morgan fingerprint density at radius 1 is 1.50 bits per heavy atom. The quantitative estimate of drug-likeness (QED) is 0.810. The minimum Gasteiger partial charge on any atom is -0.381 e. The van der Waals surface area contributed by atoms with Crippen molar-refractivity contribution in [3.8, 4) is 0 Å². The zero-order chi connectivity index (χ0) is 13.1. The van der Waals surface area contributed by atoms with Gasteiger partial charge >= 0.3 is 0 Å². The number of hydrogen-bond acceptors (Lipinski definition) is 3. The number of nitrogens with one attached hydrogen (secondary N) is 1. The summed E-state index contributed by atoms with van der Waals surface area (Å²) in [5, 5.41) is 3.46. The molecule has 2 saturated heterocycles. The van der Waals surface area contributed by atoms with E-state index >= 15 is 0 Å². The lowest BCUT2D eigenvalue weighted by Crippen LogP contribution is -2.42. The zero-order valence-corrected chi connectivity index (χ0v) is 11.8. The van der Waals surface area contributed by atoms with Crippen LogP contribution in [0.5, 0.6) is 0 Å². The van der Waals surface area contributed by atoms with Crippen molar-refractivity contribution in [2.24, 2.45) is 11.8 Å². The van der Waals surface area contributed by atoms with Gasteiger partial charge in [-0.15, -0.1) is 0 Å². The van der Waals surface area contributed by atoms with Gasteiger partial charge in [0.2, 0.25) is 5.91 Å². The minimum absolute atomic E-state index is 0.0252. The van der Waals surface area contributed by atoms with Crippen LogP contribution in [0.25, 0.3) is 0 Å². The number of rotatable bonds is 5. The number of ether oxygens (including phenoxy) is 1. The van der Waals surface area contributed by atoms with Crippen LogP contribution in [0, 0.1) is 11.8 Å². The van der Waals surface area contributed by atoms with E-state index in [9.17, 15) is 4.79 Å². The molecule has 1 N–H and O–H groups in total. The molecule has 0 aliphatic carbocycles. The van der Waals surface area contributed by atoms with Crippen molar-refractivity contribution < 1.29 is 9.53 Å². The molecule has 0 aromatic carbocycles. The standard InChI is InChI=1S/C14H26N2O2/c1-4-12-14(17)16(13(15-12)10(2)3)7-5-11-6-8-18-9-11/h10-13,15H,4-9H2,1-3H3. The van der Waals surface area contributed by atoms with Crippen molar-refractivity contribution in [3.05, 3.63) is 0 Å². The smallest absolute Gasteiger partial charge is 0.241 e. The predicted molar refractivity (Wildman–Crippen MR) is 71.1 cm³/mol. The summed E-state index contributed by atoms with van der Waals surface area (Å²) in [6.07, 6.45) is 3.32. The fraction of sp³-hybridized carbons (Fsp3) is 0.929. The van der Waals surface area contributed by atoms with Gasteiger partial charge in [-0.2, -0.15) is 0 Å². The summed E-state index contributed by atoms with van der Waals surface area (Å²) in [4.78, 5) is 14.3. The minimum atomic E-state index is 0.0252. The molecule has 2 fully saturated rings. The van der Waals surface area contributed by atoms with E-state index in [0.717, 1.165) is 39.0 Å². The summed E-state index contributed by atoms with van der Waals surface area (Å²) in [6, 6.07) is 0.0252. The predicted octanol–water partition coefficient (Wildman–Crippen LogP) is 1.61. The highest BCUT2D eigenvalue weighted by molar-refractivity contribution is 5.84. The Bertz CT molecular complexity index is 288. The number of carbonyl (C=O) groups excluding carboxylic acids is 1. The normalized spacial score (nSPS) is 32.8. The van der Waals surface area contributed by atoms with E-state index in [1.54, 1.807) is 0 Å². The first-order valence-corrected chi connectivity index (χ1v) is 7.27. The summed E-state index contributed by atoms with van der Waals surface area (Å²) >= 11 is 0. The van der Waals surface area contributed by atoms with Crippen LogP contribution in [0.3, 0.4) is 0 Å². The van der Waals surface area contributed by atoms with Crippen LogP contribution in [0.15, 0.2) is 0 Å². The third kappa shape index (κ3) is 2.86. The first-order chi connectivity index (χ1) is 8.63. The number of amides is 1. The van der Waals surface area contributed by atoms with E-state index in [1.807, 2.05) is 0 Å². The van der Waals surface area contributed by atoms with Crippen molar-refractivity contribution in [1.29, 1.82) is 0 Å². The van der Waals surface area contributed by atoms with E-state index in [2.05, 4.69) is 31.0 Å². The molecule has 0 saturated carbocycles. The molecular weight excluding hydrogens is 228 g/mol. The van der Waals surface area contributed by atoms with Gasteiger partial charge in [0.15, 0.2) is 0 Å². The van der Waals surface area contributed by atoms with Crippen LogP contribution in [0.4, 0.5) is 0 Å². The summed E-state index contributed by atoms with van der Waals surface area (Å²) < 4.78 is 5.40. The maximum atomic E-state index is 12.3. The van der Waals surface area contributed by atoms with Gasteiger partial charge in [-0.05, 0) is 31.1 Å². The molecule has 0 aromatic rings. The highest BCUT2D eigenvalue weighted by Gasteiger charge is 2.39. The van der Waals surface area contributed by atoms with Gasteiger partial charge in [0, 0.05) is 19.8 Å². The van der Waals surface area contributed by atoms with Crippen molar-refractivity contribution in [3.63, 3.8) is 0 Å². The molecule has 2 heterocycles. The number of carbonyl (C=O) groups is 1. The molecule has 0 radical (unpaired) electrons. The third-order valence-corrected chi connectivity index (χ3v) is 4.13. The van der Waals surface area contributed by atoms with E-state index in [4.69, 9.17) is 4.74 Å². The molecule has 2 rings (SSSR count). The fourth-order valence-corrected chi connectivity index (χ4v) is 2.93. The van der Waals surface area contributed by atoms with Crippen LogP contribution in [0.2, 0.25) is 0 Å². The second-order valence-corrected chi connectivity index (χ2v) is 5.87. The molecule has 1 amide bonds. The average Bonchev–Trinajstić information content (AvgIpc) is 2.94. The Morgan fingerprint density at radius 3 is 2.83 bits per heavy atom. The molecular formula is C14H26N2O2. The number of hydrogen-bond donors (Lipinski definition) is 1. The lowest BCUT2D eigenvalue weighted by molar-refractivity contribution is -0.130. The second kappa shape index (κ2) is 6.02. The van der Waals surface area contributed by atoms with E-state index in [1.165, 1.54) is 0 Å². The molecule has 4 heteroatoms. The third-order valence-electron chi connectivity index (χ3n) is 4.13. The van der Waals surface area contributed by atoms with Crippen LogP contribution in [-0.4, -0.2) is 42.8 Å². The first-order valence-electron chi connectivity index (χ1n) is 7.27. The van der Waals surface area contributed by atoms with E-state index in [0.29, 0.717) is 11.8 Å². The van der Waals surface area contributed by atoms with Gasteiger partial charge in [0.05, 0.1) is 12.2 Å². The van der Waals surface area contributed by atoms with Gasteiger partial charge in [-0.1, -0.05) is 20.8 Å². The fourth-order valence-electron chi connectivity index (χ4n) is 2.93. The highest BCUT2D eigenvalue weighted by Crippen LogP contribution is 2.22. The van der Waals surface area contributed by atoms with E-state index < -0.39 is 0 Å². The lowest BCUT2D eigenvalue weighted by atomic mass is 10.0. The second-order valence-electron chi connectivity index (χ2n) is 5.87. The molecule has 3 atom stereocenters. The summed E-state index contributed by atoms with van der Waals surface area (Å²) in [7, 11) is 0. The van der Waals surface area contributed by atoms with Crippen LogP contribution in [0.1, 0.15) is 40.0 Å². The van der Waals surface area contributed by atoms with Crippen LogP contribution < -0.4 is 5.32 Å². The highest BCUT2D eigenvalue weighted by atomic mass is 16.5. The van der Waals surface area contributed by atoms with Crippen molar-refractivity contribution in [1.82, 2.24) is 10.2 Å². The molecule has 104 valence electrons. The van der Waals surface area contributed by atoms with Crippen molar-refractivity contribution >= 4 is 5.91 Å². The molecule has 0 spiro atoms. The summed E-state index contributed by atoms with van der Waals surface area (Å²) in [5.74, 6) is 1.40. The van der Waals surface area contributed by atoms with Gasteiger partial charge in [-0.25, -0.2) is 0 Å². The molecule has 2 aliphatic heterocycles. The molecule has 3 unspecified atom stereocenters. The number of nitrogens with zero attached hydrogens (tertiary/aromatic N) is 1. The Kier molecular flexibility index (Phi) is 4.62. The van der Waals surface area contributed by atoms with Crippen LogP contribution in [-0.2, 0) is 9.53 Å². The largest absolute Gasteiger partial charge is 0.381 e.